The van der Waals surface area contributed by atoms with Crippen molar-refractivity contribution in [3.63, 3.8) is 0 Å². The van der Waals surface area contributed by atoms with Gasteiger partial charge < -0.3 is 9.64 Å². The summed E-state index contributed by atoms with van der Waals surface area (Å²) in [5.41, 5.74) is -0.533. The van der Waals surface area contributed by atoms with Crippen molar-refractivity contribution in [3.05, 3.63) is 0 Å². The summed E-state index contributed by atoms with van der Waals surface area (Å²) in [7, 11) is 1.49. The number of carbonyl (C=O) groups excluding carboxylic acids is 1. The Balaban J connectivity index is 1.62. The molecule has 2 aliphatic carbocycles. The molecule has 3 atom stereocenters. The van der Waals surface area contributed by atoms with Crippen molar-refractivity contribution in [3.8, 4) is 0 Å². The van der Waals surface area contributed by atoms with Gasteiger partial charge in [0, 0.05) is 25.7 Å². The molecule has 0 amide bonds. The molecule has 19 heavy (non-hydrogen) atoms. The number of methoxy groups -OCH3 is 1. The first-order valence-electron chi connectivity index (χ1n) is 7.69. The summed E-state index contributed by atoms with van der Waals surface area (Å²) in [6.07, 6.45) is 6.55. The lowest BCUT2D eigenvalue weighted by Gasteiger charge is -2.32. The first kappa shape index (κ1) is 13.4. The number of hydrogen-bond donors (Lipinski definition) is 1. The largest absolute Gasteiger partial charge is 0.468 e. The van der Waals surface area contributed by atoms with E-state index in [1.165, 1.54) is 52.3 Å². The molecule has 0 bridgehead atoms. The monoisotopic (exact) mass is 266 g/mol. The Kier molecular flexibility index (Phi) is 3.56. The molecule has 0 radical (unpaired) electrons. The third-order valence-electron chi connectivity index (χ3n) is 5.08. The molecule has 0 aromatic heterocycles. The summed E-state index contributed by atoms with van der Waals surface area (Å²) >= 11 is 0. The summed E-state index contributed by atoms with van der Waals surface area (Å²) in [6, 6.07) is 0.520. The molecule has 108 valence electrons. The van der Waals surface area contributed by atoms with Crippen LogP contribution in [0.25, 0.3) is 0 Å². The Bertz CT molecular complexity index is 344. The van der Waals surface area contributed by atoms with E-state index in [9.17, 15) is 4.79 Å². The van der Waals surface area contributed by atoms with E-state index in [2.05, 4.69) is 10.2 Å². The van der Waals surface area contributed by atoms with Crippen molar-refractivity contribution in [1.82, 2.24) is 10.2 Å². The second kappa shape index (κ2) is 5.06. The Labute approximate surface area is 115 Å². The molecule has 2 saturated carbocycles. The average Bonchev–Trinajstić information content (AvgIpc) is 2.93. The molecule has 1 N–H and O–H groups in total. The molecule has 3 rings (SSSR count). The maximum atomic E-state index is 12.1. The predicted molar refractivity (Wildman–Crippen MR) is 73.8 cm³/mol. The van der Waals surface area contributed by atoms with Crippen LogP contribution in [0.2, 0.25) is 0 Å². The fraction of sp³-hybridized carbons (Fsp3) is 0.933. The smallest absolute Gasteiger partial charge is 0.327 e. The fourth-order valence-corrected chi connectivity index (χ4v) is 3.98. The number of rotatable bonds is 5. The third kappa shape index (κ3) is 2.79. The highest BCUT2D eigenvalue weighted by Crippen LogP contribution is 2.38. The van der Waals surface area contributed by atoms with E-state index >= 15 is 0 Å². The van der Waals surface area contributed by atoms with Crippen molar-refractivity contribution in [1.29, 1.82) is 0 Å². The van der Waals surface area contributed by atoms with E-state index in [1.807, 2.05) is 6.92 Å². The normalized spacial score (nSPS) is 34.0. The lowest BCUT2D eigenvalue weighted by molar-refractivity contribution is -0.148. The molecule has 4 nitrogen and oxygen atoms in total. The van der Waals surface area contributed by atoms with Crippen LogP contribution in [-0.4, -0.2) is 49.2 Å². The molecule has 0 spiro atoms. The third-order valence-corrected chi connectivity index (χ3v) is 5.08. The average molecular weight is 266 g/mol. The van der Waals surface area contributed by atoms with Gasteiger partial charge in [0.25, 0.3) is 0 Å². The second-order valence-corrected chi connectivity index (χ2v) is 6.89. The molecule has 0 aromatic rings. The minimum Gasteiger partial charge on any atom is -0.468 e. The number of ether oxygens (including phenoxy) is 1. The molecule has 1 saturated heterocycles. The van der Waals surface area contributed by atoms with Crippen LogP contribution in [0.3, 0.4) is 0 Å². The summed E-state index contributed by atoms with van der Waals surface area (Å²) < 4.78 is 5.02. The van der Waals surface area contributed by atoms with Gasteiger partial charge in [-0.05, 0) is 44.4 Å². The van der Waals surface area contributed by atoms with Crippen molar-refractivity contribution >= 4 is 5.97 Å². The molecule has 1 heterocycles. The first-order valence-corrected chi connectivity index (χ1v) is 7.69. The molecular weight excluding hydrogens is 240 g/mol. The predicted octanol–water partition coefficient (Wildman–Crippen LogP) is 1.40. The summed E-state index contributed by atoms with van der Waals surface area (Å²) in [5.74, 6) is 1.64. The van der Waals surface area contributed by atoms with E-state index < -0.39 is 5.54 Å². The number of carbonyl (C=O) groups is 1. The number of likely N-dealkylation sites (tertiary alicyclic amines) is 1. The summed E-state index contributed by atoms with van der Waals surface area (Å²) in [5, 5.41) is 3.49. The number of nitrogens with zero attached hydrogens (tertiary/aromatic N) is 1. The number of nitrogens with one attached hydrogen (secondary N) is 1. The minimum atomic E-state index is -0.533. The van der Waals surface area contributed by atoms with Crippen LogP contribution >= 0.6 is 0 Å². The Morgan fingerprint density at radius 3 is 2.42 bits per heavy atom. The number of hydrogen-bond acceptors (Lipinski definition) is 4. The Hall–Kier alpha value is -0.610. The quantitative estimate of drug-likeness (QED) is 0.764. The molecule has 3 unspecified atom stereocenters. The topological polar surface area (TPSA) is 41.6 Å². The van der Waals surface area contributed by atoms with Gasteiger partial charge in [0.05, 0.1) is 7.11 Å². The first-order chi connectivity index (χ1) is 9.10. The SMILES string of the molecule is COC(=O)C(C)(CN1CC2CCCC2C1)NC1CC1. The van der Waals surface area contributed by atoms with E-state index in [0.29, 0.717) is 6.04 Å². The van der Waals surface area contributed by atoms with Crippen LogP contribution in [0.4, 0.5) is 0 Å². The Morgan fingerprint density at radius 2 is 1.89 bits per heavy atom. The molecule has 3 aliphatic rings. The van der Waals surface area contributed by atoms with Gasteiger partial charge >= 0.3 is 5.97 Å². The molecule has 4 heteroatoms. The highest BCUT2D eigenvalue weighted by Gasteiger charge is 2.44. The fourth-order valence-electron chi connectivity index (χ4n) is 3.98. The lowest BCUT2D eigenvalue weighted by Crippen LogP contribution is -2.58. The van der Waals surface area contributed by atoms with E-state index in [4.69, 9.17) is 4.74 Å². The van der Waals surface area contributed by atoms with E-state index in [-0.39, 0.29) is 5.97 Å². The highest BCUT2D eigenvalue weighted by molar-refractivity contribution is 5.80. The maximum Gasteiger partial charge on any atom is 0.327 e. The lowest BCUT2D eigenvalue weighted by atomic mass is 10.0. The number of esters is 1. The zero-order valence-electron chi connectivity index (χ0n) is 12.2. The van der Waals surface area contributed by atoms with Crippen LogP contribution < -0.4 is 5.32 Å². The highest BCUT2D eigenvalue weighted by atomic mass is 16.5. The van der Waals surface area contributed by atoms with Crippen LogP contribution in [0.1, 0.15) is 39.0 Å². The molecule has 1 aliphatic heterocycles. The van der Waals surface area contributed by atoms with E-state index in [0.717, 1.165) is 18.4 Å². The van der Waals surface area contributed by atoms with Crippen LogP contribution in [0, 0.1) is 11.8 Å². The van der Waals surface area contributed by atoms with Gasteiger partial charge in [-0.2, -0.15) is 0 Å². The van der Waals surface area contributed by atoms with Crippen molar-refractivity contribution < 1.29 is 9.53 Å². The number of fused-ring (bicyclic) bond motifs is 1. The van der Waals surface area contributed by atoms with Gasteiger partial charge in [-0.1, -0.05) is 6.42 Å². The van der Waals surface area contributed by atoms with Crippen molar-refractivity contribution in [2.45, 2.75) is 50.6 Å². The van der Waals surface area contributed by atoms with Gasteiger partial charge in [0.2, 0.25) is 0 Å². The molecular formula is C15H26N2O2. The minimum absolute atomic E-state index is 0.114. The van der Waals surface area contributed by atoms with Crippen LogP contribution in [0.5, 0.6) is 0 Å². The zero-order valence-corrected chi connectivity index (χ0v) is 12.2. The summed E-state index contributed by atoms with van der Waals surface area (Å²) in [6.45, 7) is 5.14. The maximum absolute atomic E-state index is 12.1. The molecule has 0 aromatic carbocycles. The van der Waals surface area contributed by atoms with Gasteiger partial charge in [-0.3, -0.25) is 10.1 Å². The van der Waals surface area contributed by atoms with Gasteiger partial charge in [-0.25, -0.2) is 0 Å². The standard InChI is InChI=1S/C15H26N2O2/c1-15(14(18)19-2,16-13-6-7-13)10-17-8-11-4-3-5-12(11)9-17/h11-13,16H,3-10H2,1-2H3. The van der Waals surface area contributed by atoms with Crippen molar-refractivity contribution in [2.75, 3.05) is 26.7 Å². The van der Waals surface area contributed by atoms with Gasteiger partial charge in [0.15, 0.2) is 0 Å². The van der Waals surface area contributed by atoms with Gasteiger partial charge in [-0.15, -0.1) is 0 Å². The second-order valence-electron chi connectivity index (χ2n) is 6.89. The Morgan fingerprint density at radius 1 is 1.26 bits per heavy atom. The van der Waals surface area contributed by atoms with Crippen LogP contribution in [-0.2, 0) is 9.53 Å². The summed E-state index contributed by atoms with van der Waals surface area (Å²) in [4.78, 5) is 14.6. The van der Waals surface area contributed by atoms with E-state index in [1.54, 1.807) is 0 Å². The van der Waals surface area contributed by atoms with Crippen LogP contribution in [0.15, 0.2) is 0 Å². The molecule has 3 fully saturated rings. The van der Waals surface area contributed by atoms with Gasteiger partial charge in [0.1, 0.15) is 5.54 Å². The van der Waals surface area contributed by atoms with Crippen molar-refractivity contribution in [2.24, 2.45) is 11.8 Å². The zero-order chi connectivity index (χ0) is 13.5.